The van der Waals surface area contributed by atoms with Crippen LogP contribution in [-0.2, 0) is 16.4 Å². The molecule has 0 fully saturated rings. The lowest BCUT2D eigenvalue weighted by molar-refractivity contribution is 0.409. The molecule has 0 unspecified atom stereocenters. The average molecular weight is 532 g/mol. The van der Waals surface area contributed by atoms with Crippen LogP contribution in [-0.4, -0.2) is 47.7 Å². The van der Waals surface area contributed by atoms with Crippen LogP contribution in [0.15, 0.2) is 64.5 Å². The Balaban J connectivity index is 0.00000420. The van der Waals surface area contributed by atoms with Crippen LogP contribution in [0.4, 0.5) is 0 Å². The van der Waals surface area contributed by atoms with Crippen LogP contribution in [0.1, 0.15) is 12.5 Å². The first-order valence-electron chi connectivity index (χ1n) is 9.25. The molecule has 0 radical (unpaired) electrons. The molecule has 0 amide bonds. The molecule has 0 atom stereocenters. The Kier molecular flexibility index (Phi) is 11.6. The van der Waals surface area contributed by atoms with Crippen molar-refractivity contribution < 1.29 is 13.2 Å². The van der Waals surface area contributed by atoms with Crippen molar-refractivity contribution in [1.82, 2.24) is 15.4 Å². The van der Waals surface area contributed by atoms with Gasteiger partial charge in [-0.1, -0.05) is 36.4 Å². The quantitative estimate of drug-likeness (QED) is 0.189. The highest BCUT2D eigenvalue weighted by Crippen LogP contribution is 2.17. The SMILES string of the molecule is CCNC(=NCCNS(=O)(=O)c1ccccc1)NCCc1ccccc1OC.I. The highest BCUT2D eigenvalue weighted by atomic mass is 127. The monoisotopic (exact) mass is 532 g/mol. The molecule has 0 spiro atoms. The van der Waals surface area contributed by atoms with Gasteiger partial charge in [-0.25, -0.2) is 13.1 Å². The van der Waals surface area contributed by atoms with E-state index in [0.29, 0.717) is 19.0 Å². The fourth-order valence-electron chi connectivity index (χ4n) is 2.60. The van der Waals surface area contributed by atoms with E-state index >= 15 is 0 Å². The molecule has 0 aliphatic carbocycles. The lowest BCUT2D eigenvalue weighted by atomic mass is 10.1. The summed E-state index contributed by atoms with van der Waals surface area (Å²) >= 11 is 0. The van der Waals surface area contributed by atoms with Crippen LogP contribution in [0.2, 0.25) is 0 Å². The van der Waals surface area contributed by atoms with Gasteiger partial charge in [0.25, 0.3) is 0 Å². The van der Waals surface area contributed by atoms with Crippen LogP contribution in [0, 0.1) is 0 Å². The van der Waals surface area contributed by atoms with E-state index in [2.05, 4.69) is 20.3 Å². The van der Waals surface area contributed by atoms with E-state index in [1.807, 2.05) is 31.2 Å². The number of hydrogen-bond acceptors (Lipinski definition) is 4. The van der Waals surface area contributed by atoms with Gasteiger partial charge in [-0.05, 0) is 37.1 Å². The van der Waals surface area contributed by atoms with Gasteiger partial charge < -0.3 is 15.4 Å². The number of guanidine groups is 1. The number of benzene rings is 2. The predicted molar refractivity (Wildman–Crippen MR) is 128 cm³/mol. The Morgan fingerprint density at radius 3 is 2.38 bits per heavy atom. The highest BCUT2D eigenvalue weighted by molar-refractivity contribution is 14.0. The fourth-order valence-corrected chi connectivity index (χ4v) is 3.64. The summed E-state index contributed by atoms with van der Waals surface area (Å²) in [5, 5.41) is 6.41. The maximum Gasteiger partial charge on any atom is 0.240 e. The molecule has 7 nitrogen and oxygen atoms in total. The highest BCUT2D eigenvalue weighted by Gasteiger charge is 2.11. The molecule has 0 saturated heterocycles. The standard InChI is InChI=1S/C20H28N4O3S.HI/c1-3-21-20(22-14-13-17-9-7-8-12-19(17)27-2)23-15-16-24-28(25,26)18-10-5-4-6-11-18;/h4-12,24H,3,13-16H2,1-2H3,(H2,21,22,23);1H. The molecule has 0 saturated carbocycles. The molecule has 0 bridgehead atoms. The van der Waals surface area contributed by atoms with Gasteiger partial charge in [-0.2, -0.15) is 0 Å². The summed E-state index contributed by atoms with van der Waals surface area (Å²) in [5.74, 6) is 1.51. The molecule has 3 N–H and O–H groups in total. The third-order valence-corrected chi connectivity index (χ3v) is 5.43. The van der Waals surface area contributed by atoms with E-state index in [1.54, 1.807) is 37.4 Å². The summed E-state index contributed by atoms with van der Waals surface area (Å²) < 4.78 is 32.3. The lowest BCUT2D eigenvalue weighted by Gasteiger charge is -2.13. The van der Waals surface area contributed by atoms with Gasteiger partial charge in [-0.15, -0.1) is 24.0 Å². The smallest absolute Gasteiger partial charge is 0.240 e. The molecule has 0 aromatic heterocycles. The van der Waals surface area contributed by atoms with Crippen LogP contribution in [0.25, 0.3) is 0 Å². The van der Waals surface area contributed by atoms with E-state index in [0.717, 1.165) is 24.3 Å². The summed E-state index contributed by atoms with van der Waals surface area (Å²) in [6, 6.07) is 16.2. The number of para-hydroxylation sites is 1. The number of nitrogens with one attached hydrogen (secondary N) is 3. The zero-order valence-corrected chi connectivity index (χ0v) is 19.9. The number of halogens is 1. The van der Waals surface area contributed by atoms with Crippen molar-refractivity contribution in [2.75, 3.05) is 33.3 Å². The minimum absolute atomic E-state index is 0. The fraction of sp³-hybridized carbons (Fsp3) is 0.350. The van der Waals surface area contributed by atoms with Crippen molar-refractivity contribution in [1.29, 1.82) is 0 Å². The molecule has 0 aliphatic rings. The van der Waals surface area contributed by atoms with Crippen molar-refractivity contribution in [2.45, 2.75) is 18.2 Å². The normalized spacial score (nSPS) is 11.4. The predicted octanol–water partition coefficient (Wildman–Crippen LogP) is 2.39. The zero-order valence-electron chi connectivity index (χ0n) is 16.7. The second-order valence-electron chi connectivity index (χ2n) is 5.96. The number of methoxy groups -OCH3 is 1. The maximum absolute atomic E-state index is 12.2. The van der Waals surface area contributed by atoms with Gasteiger partial charge in [0.2, 0.25) is 10.0 Å². The van der Waals surface area contributed by atoms with Crippen molar-refractivity contribution in [3.63, 3.8) is 0 Å². The van der Waals surface area contributed by atoms with Crippen molar-refractivity contribution in [3.8, 4) is 5.75 Å². The first-order valence-corrected chi connectivity index (χ1v) is 10.7. The van der Waals surface area contributed by atoms with Crippen molar-refractivity contribution in [2.24, 2.45) is 4.99 Å². The van der Waals surface area contributed by atoms with Gasteiger partial charge in [-0.3, -0.25) is 4.99 Å². The van der Waals surface area contributed by atoms with E-state index < -0.39 is 10.0 Å². The van der Waals surface area contributed by atoms with Crippen molar-refractivity contribution in [3.05, 3.63) is 60.2 Å². The van der Waals surface area contributed by atoms with Crippen LogP contribution < -0.4 is 20.1 Å². The minimum Gasteiger partial charge on any atom is -0.496 e. The van der Waals surface area contributed by atoms with Crippen molar-refractivity contribution >= 4 is 40.0 Å². The molecular weight excluding hydrogens is 503 g/mol. The van der Waals surface area contributed by atoms with Crippen LogP contribution in [0.5, 0.6) is 5.75 Å². The van der Waals surface area contributed by atoms with Gasteiger partial charge in [0.1, 0.15) is 5.75 Å². The van der Waals surface area contributed by atoms with E-state index in [-0.39, 0.29) is 35.4 Å². The molecule has 0 aliphatic heterocycles. The molecule has 9 heteroatoms. The van der Waals surface area contributed by atoms with Gasteiger partial charge in [0.05, 0.1) is 18.6 Å². The number of aliphatic imine (C=N–C) groups is 1. The third kappa shape index (κ3) is 8.58. The van der Waals surface area contributed by atoms with Gasteiger partial charge >= 0.3 is 0 Å². The maximum atomic E-state index is 12.2. The van der Waals surface area contributed by atoms with Gasteiger partial charge in [0.15, 0.2) is 5.96 Å². The summed E-state index contributed by atoms with van der Waals surface area (Å²) in [7, 11) is -1.84. The van der Waals surface area contributed by atoms with E-state index in [9.17, 15) is 8.42 Å². The Bertz CT molecular complexity index is 861. The summed E-state index contributed by atoms with van der Waals surface area (Å²) in [4.78, 5) is 4.67. The summed E-state index contributed by atoms with van der Waals surface area (Å²) in [5.41, 5.74) is 1.11. The van der Waals surface area contributed by atoms with E-state index in [1.165, 1.54) is 0 Å². The first kappa shape index (κ1) is 25.2. The second kappa shape index (κ2) is 13.4. The third-order valence-electron chi connectivity index (χ3n) is 3.95. The summed E-state index contributed by atoms with van der Waals surface area (Å²) in [6.07, 6.45) is 0.787. The number of nitrogens with zero attached hydrogens (tertiary/aromatic N) is 1. The number of rotatable bonds is 10. The number of hydrogen-bond donors (Lipinski definition) is 3. The van der Waals surface area contributed by atoms with Crippen LogP contribution in [0.3, 0.4) is 0 Å². The number of sulfonamides is 1. The average Bonchev–Trinajstić information content (AvgIpc) is 2.72. The first-order chi connectivity index (χ1) is 13.6. The molecular formula is C20H29IN4O3S. The van der Waals surface area contributed by atoms with Gasteiger partial charge in [0, 0.05) is 19.6 Å². The molecule has 29 heavy (non-hydrogen) atoms. The topological polar surface area (TPSA) is 91.8 Å². The molecule has 2 aromatic rings. The Morgan fingerprint density at radius 1 is 1.00 bits per heavy atom. The van der Waals surface area contributed by atoms with E-state index in [4.69, 9.17) is 4.74 Å². The van der Waals surface area contributed by atoms with Crippen LogP contribution >= 0.6 is 24.0 Å². The second-order valence-corrected chi connectivity index (χ2v) is 7.73. The molecule has 160 valence electrons. The minimum atomic E-state index is -3.51. The Labute approximate surface area is 190 Å². The molecule has 2 aromatic carbocycles. The largest absolute Gasteiger partial charge is 0.496 e. The zero-order chi connectivity index (χ0) is 20.2. The summed E-state index contributed by atoms with van der Waals surface area (Å²) in [6.45, 7) is 3.93. The lowest BCUT2D eigenvalue weighted by Crippen LogP contribution is -2.39. The Hall–Kier alpha value is -1.85. The molecule has 2 rings (SSSR count). The number of ether oxygens (including phenoxy) is 1. The molecule has 0 heterocycles. The Morgan fingerprint density at radius 2 is 1.69 bits per heavy atom.